The van der Waals surface area contributed by atoms with E-state index in [0.29, 0.717) is 13.0 Å². The molecule has 88 valence electrons. The molecule has 0 N–H and O–H groups in total. The quantitative estimate of drug-likeness (QED) is 0.262. The molecule has 0 aliphatic heterocycles. The molecule has 0 aromatic heterocycles. The molecule has 0 fully saturated rings. The Morgan fingerprint density at radius 3 is 2.33 bits per heavy atom. The van der Waals surface area contributed by atoms with E-state index in [-0.39, 0.29) is 5.97 Å². The molecule has 0 aliphatic carbocycles. The second kappa shape index (κ2) is 11.8. The van der Waals surface area contributed by atoms with Crippen LogP contribution in [0, 0.1) is 0 Å². The van der Waals surface area contributed by atoms with Gasteiger partial charge in [0.1, 0.15) is 6.61 Å². The molecule has 15 heavy (non-hydrogen) atoms. The number of alkyl halides is 1. The summed E-state index contributed by atoms with van der Waals surface area (Å²) >= 11 is 3.41. The van der Waals surface area contributed by atoms with Crippen LogP contribution >= 0.6 is 15.9 Å². The summed E-state index contributed by atoms with van der Waals surface area (Å²) in [5, 5.41) is 1.10. The van der Waals surface area contributed by atoms with Crippen molar-refractivity contribution in [2.45, 2.75) is 44.9 Å². The maximum Gasteiger partial charge on any atom is 0.306 e. The van der Waals surface area contributed by atoms with E-state index in [1.807, 2.05) is 0 Å². The van der Waals surface area contributed by atoms with Crippen LogP contribution in [0.2, 0.25) is 0 Å². The SMILES string of the molecule is C=CCOC(=O)CCCCCCCCBr. The molecule has 0 aromatic rings. The van der Waals surface area contributed by atoms with Gasteiger partial charge >= 0.3 is 5.97 Å². The molecule has 0 saturated carbocycles. The van der Waals surface area contributed by atoms with E-state index < -0.39 is 0 Å². The highest BCUT2D eigenvalue weighted by Gasteiger charge is 2.00. The van der Waals surface area contributed by atoms with Crippen LogP contribution in [-0.4, -0.2) is 17.9 Å². The Kier molecular flexibility index (Phi) is 11.5. The second-order valence-corrected chi connectivity index (χ2v) is 4.32. The fourth-order valence-corrected chi connectivity index (χ4v) is 1.69. The molecule has 0 aliphatic rings. The first-order valence-electron chi connectivity index (χ1n) is 5.63. The van der Waals surface area contributed by atoms with Crippen LogP contribution in [0.4, 0.5) is 0 Å². The fraction of sp³-hybridized carbons (Fsp3) is 0.750. The smallest absolute Gasteiger partial charge is 0.306 e. The molecular formula is C12H21BrO2. The van der Waals surface area contributed by atoms with Crippen molar-refractivity contribution in [3.05, 3.63) is 12.7 Å². The van der Waals surface area contributed by atoms with Gasteiger partial charge in [-0.05, 0) is 12.8 Å². The van der Waals surface area contributed by atoms with Crippen LogP contribution < -0.4 is 0 Å². The van der Waals surface area contributed by atoms with Gasteiger partial charge in [-0.15, -0.1) is 0 Å². The van der Waals surface area contributed by atoms with Crippen LogP contribution in [0.15, 0.2) is 12.7 Å². The van der Waals surface area contributed by atoms with Gasteiger partial charge in [-0.25, -0.2) is 0 Å². The Bertz CT molecular complexity index is 169. The van der Waals surface area contributed by atoms with Crippen molar-refractivity contribution in [3.8, 4) is 0 Å². The van der Waals surface area contributed by atoms with Gasteiger partial charge in [-0.1, -0.05) is 54.3 Å². The lowest BCUT2D eigenvalue weighted by molar-refractivity contribution is -0.142. The summed E-state index contributed by atoms with van der Waals surface area (Å²) in [6.45, 7) is 3.83. The average molecular weight is 277 g/mol. The maximum atomic E-state index is 11.1. The molecule has 0 bridgehead atoms. The van der Waals surface area contributed by atoms with Crippen LogP contribution in [-0.2, 0) is 9.53 Å². The van der Waals surface area contributed by atoms with Gasteiger partial charge in [0.2, 0.25) is 0 Å². The van der Waals surface area contributed by atoms with E-state index in [1.165, 1.54) is 25.7 Å². The van der Waals surface area contributed by atoms with E-state index in [2.05, 4.69) is 22.5 Å². The summed E-state index contributed by atoms with van der Waals surface area (Å²) in [4.78, 5) is 11.1. The maximum absolute atomic E-state index is 11.1. The van der Waals surface area contributed by atoms with Crippen LogP contribution in [0.25, 0.3) is 0 Å². The first-order valence-corrected chi connectivity index (χ1v) is 6.76. The topological polar surface area (TPSA) is 26.3 Å². The van der Waals surface area contributed by atoms with Crippen LogP contribution in [0.3, 0.4) is 0 Å². The molecule has 0 aromatic carbocycles. The molecule has 0 spiro atoms. The van der Waals surface area contributed by atoms with Gasteiger partial charge in [0.05, 0.1) is 0 Å². The highest BCUT2D eigenvalue weighted by Crippen LogP contribution is 2.08. The monoisotopic (exact) mass is 276 g/mol. The summed E-state index contributed by atoms with van der Waals surface area (Å²) in [5.74, 6) is -0.102. The lowest BCUT2D eigenvalue weighted by Crippen LogP contribution is -2.03. The third-order valence-electron chi connectivity index (χ3n) is 2.13. The number of ether oxygens (including phenoxy) is 1. The Balaban J connectivity index is 3.09. The van der Waals surface area contributed by atoms with Crippen molar-refractivity contribution in [1.29, 1.82) is 0 Å². The number of hydrogen-bond acceptors (Lipinski definition) is 2. The normalized spacial score (nSPS) is 9.93. The number of unbranched alkanes of at least 4 members (excludes halogenated alkanes) is 5. The number of halogens is 1. The van der Waals surface area contributed by atoms with E-state index in [4.69, 9.17) is 4.74 Å². The Labute approximate surface area is 101 Å². The molecule has 0 saturated heterocycles. The van der Waals surface area contributed by atoms with Gasteiger partial charge in [0.15, 0.2) is 0 Å². The summed E-state index contributed by atoms with van der Waals surface area (Å²) < 4.78 is 4.87. The predicted octanol–water partition coefficient (Wildman–Crippen LogP) is 3.84. The molecule has 0 unspecified atom stereocenters. The van der Waals surface area contributed by atoms with Crippen molar-refractivity contribution in [2.24, 2.45) is 0 Å². The molecule has 0 rings (SSSR count). The highest BCUT2D eigenvalue weighted by molar-refractivity contribution is 9.09. The standard InChI is InChI=1S/C12H21BrO2/c1-2-11-15-12(14)9-7-5-3-4-6-8-10-13/h2H,1,3-11H2. The van der Waals surface area contributed by atoms with Crippen LogP contribution in [0.1, 0.15) is 44.9 Å². The van der Waals surface area contributed by atoms with Gasteiger partial charge in [0, 0.05) is 11.8 Å². The molecule has 0 atom stereocenters. The number of carbonyl (C=O) groups is 1. The molecule has 0 amide bonds. The van der Waals surface area contributed by atoms with E-state index in [9.17, 15) is 4.79 Å². The molecule has 0 radical (unpaired) electrons. The van der Waals surface area contributed by atoms with Crippen molar-refractivity contribution in [3.63, 3.8) is 0 Å². The molecule has 0 heterocycles. The Hall–Kier alpha value is -0.310. The average Bonchev–Trinajstić information content (AvgIpc) is 2.25. The van der Waals surface area contributed by atoms with E-state index in [1.54, 1.807) is 6.08 Å². The van der Waals surface area contributed by atoms with Gasteiger partial charge in [0.25, 0.3) is 0 Å². The third-order valence-corrected chi connectivity index (χ3v) is 2.69. The minimum absolute atomic E-state index is 0.102. The Morgan fingerprint density at radius 2 is 1.73 bits per heavy atom. The minimum atomic E-state index is -0.102. The summed E-state index contributed by atoms with van der Waals surface area (Å²) in [5.41, 5.74) is 0. The highest BCUT2D eigenvalue weighted by atomic mass is 79.9. The van der Waals surface area contributed by atoms with Crippen molar-refractivity contribution in [2.75, 3.05) is 11.9 Å². The van der Waals surface area contributed by atoms with Gasteiger partial charge < -0.3 is 4.74 Å². The minimum Gasteiger partial charge on any atom is -0.461 e. The number of carbonyl (C=O) groups excluding carboxylic acids is 1. The van der Waals surface area contributed by atoms with Crippen molar-refractivity contribution in [1.82, 2.24) is 0 Å². The van der Waals surface area contributed by atoms with E-state index >= 15 is 0 Å². The number of esters is 1. The lowest BCUT2D eigenvalue weighted by atomic mass is 10.1. The van der Waals surface area contributed by atoms with Crippen LogP contribution in [0.5, 0.6) is 0 Å². The lowest BCUT2D eigenvalue weighted by Gasteiger charge is -2.02. The zero-order valence-electron chi connectivity index (χ0n) is 9.34. The molecular weight excluding hydrogens is 256 g/mol. The second-order valence-electron chi connectivity index (χ2n) is 3.53. The van der Waals surface area contributed by atoms with Gasteiger partial charge in [-0.3, -0.25) is 4.79 Å². The first-order chi connectivity index (χ1) is 7.31. The number of hydrogen-bond donors (Lipinski definition) is 0. The summed E-state index contributed by atoms with van der Waals surface area (Å²) in [7, 11) is 0. The van der Waals surface area contributed by atoms with Crippen molar-refractivity contribution >= 4 is 21.9 Å². The predicted molar refractivity (Wildman–Crippen MR) is 67.3 cm³/mol. The van der Waals surface area contributed by atoms with E-state index in [0.717, 1.165) is 18.2 Å². The Morgan fingerprint density at radius 1 is 1.13 bits per heavy atom. The molecule has 3 heteroatoms. The van der Waals surface area contributed by atoms with Crippen molar-refractivity contribution < 1.29 is 9.53 Å². The zero-order chi connectivity index (χ0) is 11.4. The first kappa shape index (κ1) is 14.7. The molecule has 2 nitrogen and oxygen atoms in total. The third kappa shape index (κ3) is 11.6. The largest absolute Gasteiger partial charge is 0.461 e. The summed E-state index contributed by atoms with van der Waals surface area (Å²) in [6.07, 6.45) is 9.25. The van der Waals surface area contributed by atoms with Gasteiger partial charge in [-0.2, -0.15) is 0 Å². The fourth-order valence-electron chi connectivity index (χ4n) is 1.29. The summed E-state index contributed by atoms with van der Waals surface area (Å²) in [6, 6.07) is 0. The number of rotatable bonds is 10. The zero-order valence-corrected chi connectivity index (χ0v) is 10.9.